The van der Waals surface area contributed by atoms with Gasteiger partial charge in [0.15, 0.2) is 18.1 Å². The van der Waals surface area contributed by atoms with Gasteiger partial charge in [0.1, 0.15) is 30.3 Å². The maximum atomic E-state index is 12.7. The molecule has 30 heavy (non-hydrogen) atoms. The molecule has 9 heteroatoms. The molecule has 0 unspecified atom stereocenters. The molecule has 1 amide bonds. The molecule has 1 aliphatic heterocycles. The minimum atomic E-state index is -0.856. The molecular formula is C21H20N2O7. The van der Waals surface area contributed by atoms with E-state index >= 15 is 0 Å². The number of esters is 1. The molecule has 0 spiro atoms. The quantitative estimate of drug-likeness (QED) is 0.688. The molecule has 0 radical (unpaired) electrons. The molecule has 0 bridgehead atoms. The van der Waals surface area contributed by atoms with Crippen LogP contribution in [0.1, 0.15) is 16.8 Å². The minimum Gasteiger partial charge on any atom is -0.507 e. The Labute approximate surface area is 172 Å². The maximum absolute atomic E-state index is 12.7. The molecular weight excluding hydrogens is 392 g/mol. The third-order valence-electron chi connectivity index (χ3n) is 4.34. The summed E-state index contributed by atoms with van der Waals surface area (Å²) in [7, 11) is 1.43. The maximum Gasteiger partial charge on any atom is 0.342 e. The van der Waals surface area contributed by atoms with E-state index in [1.807, 2.05) is 6.07 Å². The number of methoxy groups -OCH3 is 1. The van der Waals surface area contributed by atoms with Gasteiger partial charge in [0.2, 0.25) is 0 Å². The summed E-state index contributed by atoms with van der Waals surface area (Å²) in [5, 5.41) is 18.9. The Hall–Kier alpha value is -3.93. The number of benzene rings is 2. The van der Waals surface area contributed by atoms with Crippen molar-refractivity contribution >= 4 is 17.6 Å². The second kappa shape index (κ2) is 9.52. The Morgan fingerprint density at radius 3 is 2.63 bits per heavy atom. The fraction of sp³-hybridized carbons (Fsp3) is 0.286. The molecule has 0 aromatic heterocycles. The van der Waals surface area contributed by atoms with Crippen LogP contribution in [0.15, 0.2) is 36.4 Å². The molecule has 0 fully saturated rings. The van der Waals surface area contributed by atoms with E-state index in [1.165, 1.54) is 30.2 Å². The number of nitrogens with zero attached hydrogens (tertiary/aromatic N) is 2. The molecule has 1 heterocycles. The first-order valence-electron chi connectivity index (χ1n) is 9.14. The largest absolute Gasteiger partial charge is 0.507 e. The van der Waals surface area contributed by atoms with Crippen LogP contribution in [0.25, 0.3) is 0 Å². The number of carbonyl (C=O) groups excluding carboxylic acids is 2. The number of aromatic hydroxyl groups is 1. The van der Waals surface area contributed by atoms with E-state index < -0.39 is 18.5 Å². The number of phenols is 1. The average molecular weight is 412 g/mol. The Morgan fingerprint density at radius 2 is 1.93 bits per heavy atom. The van der Waals surface area contributed by atoms with Crippen LogP contribution in [0.4, 0.5) is 5.69 Å². The molecule has 9 nitrogen and oxygen atoms in total. The van der Waals surface area contributed by atoms with Crippen molar-refractivity contribution in [2.24, 2.45) is 0 Å². The molecule has 0 saturated carbocycles. The van der Waals surface area contributed by atoms with Gasteiger partial charge in [-0.1, -0.05) is 0 Å². The van der Waals surface area contributed by atoms with Gasteiger partial charge < -0.3 is 29.0 Å². The molecule has 1 N–H and O–H groups in total. The van der Waals surface area contributed by atoms with Crippen molar-refractivity contribution in [3.05, 3.63) is 42.0 Å². The third kappa shape index (κ3) is 4.72. The van der Waals surface area contributed by atoms with Gasteiger partial charge in [-0.3, -0.25) is 4.79 Å². The van der Waals surface area contributed by atoms with E-state index in [0.717, 1.165) is 0 Å². The molecule has 0 aliphatic carbocycles. The second-order valence-electron chi connectivity index (χ2n) is 6.24. The summed E-state index contributed by atoms with van der Waals surface area (Å²) in [5.74, 6) is -0.261. The van der Waals surface area contributed by atoms with Crippen LogP contribution >= 0.6 is 0 Å². The average Bonchev–Trinajstić information content (AvgIpc) is 2.77. The first kappa shape index (κ1) is 20.8. The molecule has 1 aliphatic rings. The molecule has 3 rings (SSSR count). The van der Waals surface area contributed by atoms with Gasteiger partial charge in [0.05, 0.1) is 19.6 Å². The summed E-state index contributed by atoms with van der Waals surface area (Å²) >= 11 is 0. The van der Waals surface area contributed by atoms with Gasteiger partial charge in [-0.05, 0) is 24.3 Å². The number of hydrogen-bond acceptors (Lipinski definition) is 8. The molecule has 2 aromatic carbocycles. The summed E-state index contributed by atoms with van der Waals surface area (Å²) in [5.41, 5.74) is 0.398. The highest BCUT2D eigenvalue weighted by Gasteiger charge is 2.22. The zero-order valence-corrected chi connectivity index (χ0v) is 16.3. The van der Waals surface area contributed by atoms with E-state index in [-0.39, 0.29) is 24.3 Å². The van der Waals surface area contributed by atoms with Crippen molar-refractivity contribution in [3.8, 4) is 29.1 Å². The fourth-order valence-electron chi connectivity index (χ4n) is 2.85. The Bertz CT molecular complexity index is 984. The SMILES string of the molecule is COc1ccc(C(=O)OCC(=O)N(CCC#N)c2ccc3c(c2)OCCO3)c(O)c1. The van der Waals surface area contributed by atoms with E-state index in [1.54, 1.807) is 18.2 Å². The number of phenolic OH excluding ortho intramolecular Hbond substituents is 1. The van der Waals surface area contributed by atoms with Crippen molar-refractivity contribution in [1.82, 2.24) is 0 Å². The van der Waals surface area contributed by atoms with Crippen LogP contribution in [0, 0.1) is 11.3 Å². The van der Waals surface area contributed by atoms with Crippen LogP contribution in [0.5, 0.6) is 23.0 Å². The van der Waals surface area contributed by atoms with Gasteiger partial charge >= 0.3 is 5.97 Å². The topological polar surface area (TPSA) is 118 Å². The van der Waals surface area contributed by atoms with Crippen molar-refractivity contribution < 1.29 is 33.6 Å². The summed E-state index contributed by atoms with van der Waals surface area (Å²) in [6, 6.07) is 11.1. The number of amides is 1. The van der Waals surface area contributed by atoms with Crippen molar-refractivity contribution in [2.45, 2.75) is 6.42 Å². The lowest BCUT2D eigenvalue weighted by molar-refractivity contribution is -0.121. The van der Waals surface area contributed by atoms with Gasteiger partial charge in [-0.2, -0.15) is 5.26 Å². The number of nitriles is 1. The first-order valence-corrected chi connectivity index (χ1v) is 9.14. The van der Waals surface area contributed by atoms with Crippen LogP contribution < -0.4 is 19.1 Å². The number of hydrogen-bond donors (Lipinski definition) is 1. The summed E-state index contributed by atoms with van der Waals surface area (Å²) in [6.45, 7) is 0.383. The van der Waals surface area contributed by atoms with Gasteiger partial charge in [-0.15, -0.1) is 0 Å². The van der Waals surface area contributed by atoms with Crippen LogP contribution in [0.3, 0.4) is 0 Å². The lowest BCUT2D eigenvalue weighted by Crippen LogP contribution is -2.35. The number of ether oxygens (including phenoxy) is 4. The Kier molecular flexibility index (Phi) is 6.60. The van der Waals surface area contributed by atoms with E-state index in [2.05, 4.69) is 0 Å². The number of anilines is 1. The van der Waals surface area contributed by atoms with Crippen molar-refractivity contribution in [1.29, 1.82) is 5.26 Å². The molecule has 0 atom stereocenters. The van der Waals surface area contributed by atoms with Crippen LogP contribution in [-0.2, 0) is 9.53 Å². The summed E-state index contributed by atoms with van der Waals surface area (Å²) in [6.07, 6.45) is 0.0907. The number of fused-ring (bicyclic) bond motifs is 1. The monoisotopic (exact) mass is 412 g/mol. The van der Waals surface area contributed by atoms with E-state index in [0.29, 0.717) is 36.1 Å². The summed E-state index contributed by atoms with van der Waals surface area (Å²) in [4.78, 5) is 26.3. The number of rotatable bonds is 7. The molecule has 156 valence electrons. The second-order valence-corrected chi connectivity index (χ2v) is 6.24. The predicted molar refractivity (Wildman–Crippen MR) is 105 cm³/mol. The lowest BCUT2D eigenvalue weighted by atomic mass is 10.2. The highest BCUT2D eigenvalue weighted by atomic mass is 16.6. The third-order valence-corrected chi connectivity index (χ3v) is 4.34. The smallest absolute Gasteiger partial charge is 0.342 e. The fourth-order valence-corrected chi connectivity index (χ4v) is 2.85. The van der Waals surface area contributed by atoms with E-state index in [4.69, 9.17) is 24.2 Å². The highest BCUT2D eigenvalue weighted by molar-refractivity contribution is 5.98. The van der Waals surface area contributed by atoms with Crippen molar-refractivity contribution in [3.63, 3.8) is 0 Å². The minimum absolute atomic E-state index is 0.0907. The van der Waals surface area contributed by atoms with Gasteiger partial charge in [0, 0.05) is 24.4 Å². The summed E-state index contributed by atoms with van der Waals surface area (Å²) < 4.78 is 21.0. The van der Waals surface area contributed by atoms with Crippen LogP contribution in [-0.4, -0.2) is 50.5 Å². The standard InChI is InChI=1S/C21H20N2O7/c1-27-15-4-5-16(17(24)12-15)21(26)30-13-20(25)23(8-2-7-22)14-3-6-18-19(11-14)29-10-9-28-18/h3-6,11-12,24H,2,8-10,13H2,1H3. The zero-order chi connectivity index (χ0) is 21.5. The first-order chi connectivity index (χ1) is 14.5. The Balaban J connectivity index is 1.71. The predicted octanol–water partition coefficient (Wildman–Crippen LogP) is 2.28. The van der Waals surface area contributed by atoms with Crippen molar-refractivity contribution in [2.75, 3.05) is 38.4 Å². The van der Waals surface area contributed by atoms with Gasteiger partial charge in [-0.25, -0.2) is 4.79 Å². The number of carbonyl (C=O) groups is 2. The highest BCUT2D eigenvalue weighted by Crippen LogP contribution is 2.34. The van der Waals surface area contributed by atoms with Crippen LogP contribution in [0.2, 0.25) is 0 Å². The normalized spacial score (nSPS) is 11.9. The molecule has 0 saturated heterocycles. The Morgan fingerprint density at radius 1 is 1.17 bits per heavy atom. The van der Waals surface area contributed by atoms with Gasteiger partial charge in [0.25, 0.3) is 5.91 Å². The zero-order valence-electron chi connectivity index (χ0n) is 16.3. The lowest BCUT2D eigenvalue weighted by Gasteiger charge is -2.24. The molecule has 2 aromatic rings. The van der Waals surface area contributed by atoms with E-state index in [9.17, 15) is 14.7 Å².